The van der Waals surface area contributed by atoms with Gasteiger partial charge >= 0.3 is 0 Å². The van der Waals surface area contributed by atoms with Gasteiger partial charge in [0.1, 0.15) is 0 Å². The van der Waals surface area contributed by atoms with E-state index < -0.39 is 0 Å². The van der Waals surface area contributed by atoms with Crippen LogP contribution in [0.15, 0.2) is 231 Å². The molecule has 1 aliphatic carbocycles. The fourth-order valence-electron chi connectivity index (χ4n) is 11.0. The van der Waals surface area contributed by atoms with Gasteiger partial charge in [0.25, 0.3) is 0 Å². The highest BCUT2D eigenvalue weighted by atomic mass is 15.0. The Morgan fingerprint density at radius 2 is 0.781 bits per heavy atom. The Hall–Kier alpha value is -8.46. The minimum atomic E-state index is 1.14. The van der Waals surface area contributed by atoms with Crippen LogP contribution in [0, 0.1) is 0 Å². The zero-order chi connectivity index (χ0) is 41.9. The van der Waals surface area contributed by atoms with E-state index in [1.165, 1.54) is 126 Å². The maximum absolute atomic E-state index is 2.49. The largest absolute Gasteiger partial charge is 0.309 e. The first-order valence-electron chi connectivity index (χ1n) is 22.2. The molecule has 0 saturated heterocycles. The molecule has 0 radical (unpaired) electrons. The predicted octanol–water partition coefficient (Wildman–Crippen LogP) is 16.8. The second-order valence-electron chi connectivity index (χ2n) is 17.2. The van der Waals surface area contributed by atoms with Crippen LogP contribution in [0.1, 0.15) is 0 Å². The van der Waals surface area contributed by atoms with E-state index >= 15 is 0 Å². The normalized spacial score (nSPS) is 12.1. The molecule has 13 aromatic rings. The minimum absolute atomic E-state index is 1.14. The molecule has 0 fully saturated rings. The summed E-state index contributed by atoms with van der Waals surface area (Å²) in [6.07, 6.45) is 0. The van der Waals surface area contributed by atoms with Crippen LogP contribution in [0.5, 0.6) is 0 Å². The fourth-order valence-corrected chi connectivity index (χ4v) is 11.0. The Morgan fingerprint density at radius 3 is 1.61 bits per heavy atom. The minimum Gasteiger partial charge on any atom is -0.309 e. The summed E-state index contributed by atoms with van der Waals surface area (Å²) in [6.45, 7) is 0. The van der Waals surface area contributed by atoms with Crippen LogP contribution >= 0.6 is 0 Å². The zero-order valence-corrected chi connectivity index (χ0v) is 34.8. The first-order chi connectivity index (χ1) is 31.8. The third-order valence-electron chi connectivity index (χ3n) is 13.9. The summed E-state index contributed by atoms with van der Waals surface area (Å²) in [5, 5.41) is 10.1. The average molecular weight is 811 g/mol. The van der Waals surface area contributed by atoms with E-state index in [-0.39, 0.29) is 0 Å². The Bertz CT molecular complexity index is 4020. The Morgan fingerprint density at radius 1 is 0.234 bits per heavy atom. The number of rotatable bonds is 5. The summed E-state index contributed by atoms with van der Waals surface area (Å²) in [5.41, 5.74) is 19.8. The SMILES string of the molecule is c1ccc(-n2c3ccccc3c3cc(-c4ccc5c6ccc7ccccc7c6n(-c6ccc(-c7ccccc7-c7ccc8c9c(cccc79)-c7ccccc7-8)cc6)c5c4)ccc32)cc1. The van der Waals surface area contributed by atoms with Gasteiger partial charge in [0.2, 0.25) is 0 Å². The number of fused-ring (bicyclic) bond motifs is 11. The highest BCUT2D eigenvalue weighted by Crippen LogP contribution is 2.50. The molecule has 14 rings (SSSR count). The first-order valence-corrected chi connectivity index (χ1v) is 22.2. The summed E-state index contributed by atoms with van der Waals surface area (Å²) in [7, 11) is 0. The second-order valence-corrected chi connectivity index (χ2v) is 17.2. The Labute approximate surface area is 370 Å². The van der Waals surface area contributed by atoms with E-state index in [0.717, 1.165) is 5.69 Å². The molecule has 0 atom stereocenters. The summed E-state index contributed by atoms with van der Waals surface area (Å²) in [4.78, 5) is 0. The number of hydrogen-bond acceptors (Lipinski definition) is 0. The van der Waals surface area contributed by atoms with Crippen molar-refractivity contribution >= 4 is 65.2 Å². The molecule has 2 heteroatoms. The zero-order valence-electron chi connectivity index (χ0n) is 34.8. The summed E-state index contributed by atoms with van der Waals surface area (Å²) < 4.78 is 4.88. The van der Waals surface area contributed by atoms with Gasteiger partial charge in [-0.05, 0) is 120 Å². The van der Waals surface area contributed by atoms with Crippen molar-refractivity contribution in [3.63, 3.8) is 0 Å². The lowest BCUT2D eigenvalue weighted by Gasteiger charge is -2.15. The number of hydrogen-bond donors (Lipinski definition) is 0. The molecule has 1 aliphatic rings. The smallest absolute Gasteiger partial charge is 0.0619 e. The van der Waals surface area contributed by atoms with E-state index in [2.05, 4.69) is 240 Å². The van der Waals surface area contributed by atoms with Gasteiger partial charge in [0.05, 0.1) is 22.1 Å². The molecule has 0 bridgehead atoms. The monoisotopic (exact) mass is 810 g/mol. The van der Waals surface area contributed by atoms with Crippen molar-refractivity contribution in [2.75, 3.05) is 0 Å². The van der Waals surface area contributed by atoms with Crippen LogP contribution in [-0.4, -0.2) is 9.13 Å². The van der Waals surface area contributed by atoms with Crippen LogP contribution < -0.4 is 0 Å². The third-order valence-corrected chi connectivity index (χ3v) is 13.9. The van der Waals surface area contributed by atoms with Crippen LogP contribution in [0.4, 0.5) is 0 Å². The van der Waals surface area contributed by atoms with E-state index in [4.69, 9.17) is 0 Å². The van der Waals surface area contributed by atoms with Gasteiger partial charge in [-0.1, -0.05) is 182 Å². The Balaban J connectivity index is 0.928. The molecule has 0 amide bonds. The highest BCUT2D eigenvalue weighted by Gasteiger charge is 2.23. The van der Waals surface area contributed by atoms with Crippen molar-refractivity contribution in [1.29, 1.82) is 0 Å². The van der Waals surface area contributed by atoms with E-state index in [9.17, 15) is 0 Å². The quantitative estimate of drug-likeness (QED) is 0.164. The first kappa shape index (κ1) is 35.2. The fraction of sp³-hybridized carbons (Fsp3) is 0. The lowest BCUT2D eigenvalue weighted by atomic mass is 9.89. The van der Waals surface area contributed by atoms with Crippen molar-refractivity contribution in [3.05, 3.63) is 231 Å². The molecule has 2 nitrogen and oxygen atoms in total. The molecule has 0 N–H and O–H groups in total. The van der Waals surface area contributed by atoms with Crippen molar-refractivity contribution in [1.82, 2.24) is 9.13 Å². The van der Waals surface area contributed by atoms with Gasteiger partial charge in [-0.2, -0.15) is 0 Å². The Kier molecular flexibility index (Phi) is 7.43. The van der Waals surface area contributed by atoms with E-state index in [1.807, 2.05) is 0 Å². The second kappa shape index (κ2) is 13.5. The molecule has 296 valence electrons. The standard InChI is InChI=1S/C62H38N2/c1-2-14-43(15-3-1)63-58-24-11-10-21-51(58)57-37-41(29-36-59(57)63)42-28-32-52-56-33-27-39-13-4-5-17-46(39)62(56)64(60(52)38-42)44-30-25-40(26-31-44)45-16-6-7-18-47(45)50-34-35-55-49-20-9-8-19-48(49)53-22-12-23-54(50)61(53)55/h1-38H. The summed E-state index contributed by atoms with van der Waals surface area (Å²) >= 11 is 0. The van der Waals surface area contributed by atoms with Crippen LogP contribution in [0.2, 0.25) is 0 Å². The van der Waals surface area contributed by atoms with Gasteiger partial charge in [0, 0.05) is 38.3 Å². The maximum atomic E-state index is 2.49. The number of aromatic nitrogens is 2. The van der Waals surface area contributed by atoms with Crippen LogP contribution in [0.3, 0.4) is 0 Å². The van der Waals surface area contributed by atoms with Crippen LogP contribution in [0.25, 0.3) is 132 Å². The van der Waals surface area contributed by atoms with Gasteiger partial charge in [-0.25, -0.2) is 0 Å². The van der Waals surface area contributed by atoms with Crippen molar-refractivity contribution in [3.8, 4) is 67.0 Å². The molecule has 0 spiro atoms. The van der Waals surface area contributed by atoms with Gasteiger partial charge < -0.3 is 9.13 Å². The number of para-hydroxylation sites is 2. The molecule has 0 aliphatic heterocycles. The molecular weight excluding hydrogens is 773 g/mol. The van der Waals surface area contributed by atoms with Gasteiger partial charge in [0.15, 0.2) is 0 Å². The van der Waals surface area contributed by atoms with Crippen molar-refractivity contribution in [2.24, 2.45) is 0 Å². The molecule has 0 saturated carbocycles. The maximum Gasteiger partial charge on any atom is 0.0619 e. The average Bonchev–Trinajstić information content (AvgIpc) is 4.01. The van der Waals surface area contributed by atoms with Crippen molar-refractivity contribution in [2.45, 2.75) is 0 Å². The van der Waals surface area contributed by atoms with Crippen molar-refractivity contribution < 1.29 is 0 Å². The molecule has 2 aromatic heterocycles. The lowest BCUT2D eigenvalue weighted by Crippen LogP contribution is -1.95. The topological polar surface area (TPSA) is 9.86 Å². The van der Waals surface area contributed by atoms with Gasteiger partial charge in [-0.15, -0.1) is 0 Å². The third kappa shape index (κ3) is 5.02. The van der Waals surface area contributed by atoms with Crippen LogP contribution in [-0.2, 0) is 0 Å². The predicted molar refractivity (Wildman–Crippen MR) is 271 cm³/mol. The molecule has 64 heavy (non-hydrogen) atoms. The van der Waals surface area contributed by atoms with Gasteiger partial charge in [-0.3, -0.25) is 0 Å². The molecule has 11 aromatic carbocycles. The molecule has 0 unspecified atom stereocenters. The number of nitrogens with zero attached hydrogens (tertiary/aromatic N) is 2. The molecule has 2 heterocycles. The summed E-state index contributed by atoms with van der Waals surface area (Å²) in [5.74, 6) is 0. The highest BCUT2D eigenvalue weighted by molar-refractivity contribution is 6.21. The molecular formula is C62H38N2. The lowest BCUT2D eigenvalue weighted by molar-refractivity contribution is 1.18. The van der Waals surface area contributed by atoms with E-state index in [0.29, 0.717) is 0 Å². The summed E-state index contributed by atoms with van der Waals surface area (Å²) in [6, 6.07) is 85.2. The number of benzene rings is 11. The van der Waals surface area contributed by atoms with E-state index in [1.54, 1.807) is 0 Å².